The third-order valence-electron chi connectivity index (χ3n) is 5.69. The molecule has 0 fully saturated rings. The van der Waals surface area contributed by atoms with E-state index in [0.717, 1.165) is 22.6 Å². The van der Waals surface area contributed by atoms with E-state index in [9.17, 15) is 14.4 Å². The summed E-state index contributed by atoms with van der Waals surface area (Å²) in [5, 5.41) is 0.0352. The summed E-state index contributed by atoms with van der Waals surface area (Å²) in [5.41, 5.74) is 4.20. The van der Waals surface area contributed by atoms with Crippen LogP contribution in [-0.2, 0) is 25.4 Å². The molecule has 0 aliphatic rings. The number of carbonyl (C=O) groups is 3. The Bertz CT molecular complexity index is 1360. The maximum absolute atomic E-state index is 12.7. The van der Waals surface area contributed by atoms with Crippen molar-refractivity contribution in [2.75, 3.05) is 33.5 Å². The van der Waals surface area contributed by atoms with Crippen LogP contribution >= 0.6 is 31.4 Å². The molecule has 13 heteroatoms. The molecule has 0 saturated heterocycles. The van der Waals surface area contributed by atoms with E-state index in [-0.39, 0.29) is 41.8 Å². The summed E-state index contributed by atoms with van der Waals surface area (Å²) in [6, 6.07) is 0. The summed E-state index contributed by atoms with van der Waals surface area (Å²) in [6.07, 6.45) is 4.29. The standard InChI is InChI=1S/C30H37ClIN3O8/c1-8-40-28(36)32(29(37)41-9-2)27-34-21(6)24(26(31)35-27)22(14-11-12-17-43-30(38)42-10-3)15-13-16-23-20(5)25(39-7)19(4)18-33-23/h15,18H,8-10,12-13,16-17H2,1-7H3/b22-15-. The van der Waals surface area contributed by atoms with Crippen molar-refractivity contribution >= 4 is 51.1 Å². The Labute approximate surface area is 264 Å². The van der Waals surface area contributed by atoms with E-state index in [2.05, 4.69) is 26.8 Å². The van der Waals surface area contributed by atoms with Gasteiger partial charge in [0.15, 0.2) is 0 Å². The van der Waals surface area contributed by atoms with Crippen LogP contribution in [0.3, 0.4) is 0 Å². The molecule has 0 bridgehead atoms. The number of ether oxygens (including phenoxy) is 5. The minimum atomic E-state index is -3.44. The van der Waals surface area contributed by atoms with Crippen molar-refractivity contribution in [3.63, 3.8) is 0 Å². The number of methoxy groups -OCH3 is 1. The zero-order valence-corrected chi connectivity index (χ0v) is 28.4. The van der Waals surface area contributed by atoms with Crippen LogP contribution < -0.4 is 4.74 Å². The fraction of sp³-hybridized carbons (Fsp3) is 0.467. The fourth-order valence-electron chi connectivity index (χ4n) is 3.83. The molecule has 11 nitrogen and oxygen atoms in total. The van der Waals surface area contributed by atoms with Gasteiger partial charge in [0.25, 0.3) is 0 Å². The van der Waals surface area contributed by atoms with E-state index < -0.39 is 33.9 Å². The number of pyridine rings is 1. The molecule has 0 aromatic carbocycles. The number of halogens is 2. The van der Waals surface area contributed by atoms with Crippen LogP contribution in [0.5, 0.6) is 5.75 Å². The van der Waals surface area contributed by atoms with Crippen molar-refractivity contribution in [1.29, 1.82) is 0 Å². The van der Waals surface area contributed by atoms with Crippen LogP contribution in [0, 0.1) is 36.4 Å². The molecule has 2 aromatic heterocycles. The molecule has 2 aromatic rings. The summed E-state index contributed by atoms with van der Waals surface area (Å²) < 4.78 is 24.2. The van der Waals surface area contributed by atoms with E-state index in [4.69, 9.17) is 35.3 Å². The topological polar surface area (TPSA) is 136 Å². The monoisotopic (exact) mass is 729 g/mol. The second kappa shape index (κ2) is 18.3. The molecule has 0 spiro atoms. The second-order valence-corrected chi connectivity index (χ2v) is 13.4. The number of hydrogen-bond acceptors (Lipinski definition) is 11. The molecule has 0 N–H and O–H groups in total. The summed E-state index contributed by atoms with van der Waals surface area (Å²) in [5.74, 6) is 6.87. The van der Waals surface area contributed by atoms with E-state index in [1.54, 1.807) is 41.0 Å². The van der Waals surface area contributed by atoms with Gasteiger partial charge in [0.1, 0.15) is 0 Å². The summed E-state index contributed by atoms with van der Waals surface area (Å²) in [6.45, 7) is 11.0. The quantitative estimate of drug-likeness (QED) is 0.0307. The van der Waals surface area contributed by atoms with Crippen LogP contribution in [0.1, 0.15) is 61.7 Å². The zero-order chi connectivity index (χ0) is 31.9. The van der Waals surface area contributed by atoms with Crippen molar-refractivity contribution in [2.45, 2.75) is 60.8 Å². The van der Waals surface area contributed by atoms with Gasteiger partial charge >= 0.3 is 238 Å². The van der Waals surface area contributed by atoms with Crippen LogP contribution in [0.25, 0.3) is 5.57 Å². The average Bonchev–Trinajstić information content (AvgIpc) is 2.94. The molecule has 0 aliphatic carbocycles. The zero-order valence-electron chi connectivity index (χ0n) is 25.5. The summed E-state index contributed by atoms with van der Waals surface area (Å²) in [7, 11) is 1.63. The number of nitrogens with zero attached hydrogens (tertiary/aromatic N) is 3. The number of rotatable bonds is 13. The number of aryl methyl sites for hydroxylation is 3. The average molecular weight is 730 g/mol. The maximum atomic E-state index is 12.7. The number of carbonyl (C=O) groups excluding carboxylic acids is 3. The minimum absolute atomic E-state index is 0.0223. The first-order chi connectivity index (χ1) is 20.6. The van der Waals surface area contributed by atoms with Crippen LogP contribution in [0.4, 0.5) is 14.4 Å². The SMILES string of the molecule is CCOC(=O)OCCC#C/C(=C/CCc1ncc(C)c(OC)c1C)c1c(C)nc(I(C(=O)OCC)C(=O)OCC)nc1Cl. The molecule has 0 unspecified atom stereocenters. The van der Waals surface area contributed by atoms with Gasteiger partial charge in [0.2, 0.25) is 0 Å². The van der Waals surface area contributed by atoms with Crippen LogP contribution in [0.2, 0.25) is 5.15 Å². The number of allylic oxidation sites excluding steroid dienone is 2. The van der Waals surface area contributed by atoms with Crippen LogP contribution in [0.15, 0.2) is 12.3 Å². The molecule has 0 amide bonds. The molecule has 0 aliphatic heterocycles. The normalized spacial score (nSPS) is 11.2. The van der Waals surface area contributed by atoms with Gasteiger partial charge in [-0.3, -0.25) is 0 Å². The molecule has 234 valence electrons. The van der Waals surface area contributed by atoms with Gasteiger partial charge in [-0.15, -0.1) is 0 Å². The van der Waals surface area contributed by atoms with Gasteiger partial charge in [0.05, 0.1) is 13.7 Å². The van der Waals surface area contributed by atoms with Gasteiger partial charge in [-0.2, -0.15) is 0 Å². The van der Waals surface area contributed by atoms with Crippen molar-refractivity contribution in [2.24, 2.45) is 0 Å². The molecule has 0 atom stereocenters. The van der Waals surface area contributed by atoms with Crippen LogP contribution in [-0.4, -0.2) is 62.6 Å². The molecule has 43 heavy (non-hydrogen) atoms. The Kier molecular flexibility index (Phi) is 15.2. The first-order valence-corrected chi connectivity index (χ1v) is 17.3. The predicted molar refractivity (Wildman–Crippen MR) is 170 cm³/mol. The molecule has 0 saturated carbocycles. The number of hydrogen-bond donors (Lipinski definition) is 0. The van der Waals surface area contributed by atoms with Gasteiger partial charge in [-0.1, -0.05) is 0 Å². The third-order valence-corrected chi connectivity index (χ3v) is 9.80. The predicted octanol–water partition coefficient (Wildman–Crippen LogP) is 7.03. The molecular formula is C30H37ClIN3O8. The van der Waals surface area contributed by atoms with E-state index in [1.165, 1.54) is 0 Å². The molecular weight excluding hydrogens is 693 g/mol. The fourth-order valence-corrected chi connectivity index (χ4v) is 7.77. The first kappa shape index (κ1) is 35.8. The van der Waals surface area contributed by atoms with E-state index in [0.29, 0.717) is 29.7 Å². The Hall–Kier alpha value is -3.44. The first-order valence-electron chi connectivity index (χ1n) is 13.6. The summed E-state index contributed by atoms with van der Waals surface area (Å²) >= 11 is 3.24. The Morgan fingerprint density at radius 3 is 2.21 bits per heavy atom. The number of aromatic nitrogens is 3. The van der Waals surface area contributed by atoms with Gasteiger partial charge in [-0.05, 0) is 13.8 Å². The Balaban J connectivity index is 2.47. The second-order valence-electron chi connectivity index (χ2n) is 8.65. The van der Waals surface area contributed by atoms with Gasteiger partial charge < -0.3 is 0 Å². The van der Waals surface area contributed by atoms with E-state index >= 15 is 0 Å². The molecule has 2 rings (SSSR count). The Morgan fingerprint density at radius 1 is 0.977 bits per heavy atom. The molecule has 0 radical (unpaired) electrons. The summed E-state index contributed by atoms with van der Waals surface area (Å²) in [4.78, 5) is 50.3. The third kappa shape index (κ3) is 10.4. The molecule has 2 heterocycles. The van der Waals surface area contributed by atoms with Crippen molar-refractivity contribution in [1.82, 2.24) is 15.0 Å². The van der Waals surface area contributed by atoms with Crippen molar-refractivity contribution < 1.29 is 38.1 Å². The van der Waals surface area contributed by atoms with E-state index in [1.807, 2.05) is 19.9 Å². The van der Waals surface area contributed by atoms with Gasteiger partial charge in [0, 0.05) is 0 Å². The van der Waals surface area contributed by atoms with Crippen molar-refractivity contribution in [3.05, 3.63) is 49.3 Å². The Morgan fingerprint density at radius 2 is 1.63 bits per heavy atom. The van der Waals surface area contributed by atoms with Crippen molar-refractivity contribution in [3.8, 4) is 17.6 Å². The van der Waals surface area contributed by atoms with Gasteiger partial charge in [-0.25, -0.2) is 0 Å².